The number of allylic oxidation sites excluding steroid dienone is 1. The molecule has 2 aromatic rings. The number of piperidine rings is 1. The third kappa shape index (κ3) is 4.44. The van der Waals surface area contributed by atoms with Gasteiger partial charge in [-0.25, -0.2) is 8.78 Å². The number of ether oxygens (including phenoxy) is 1. The Balaban J connectivity index is 1.47. The number of hydrogen-bond acceptors (Lipinski definition) is 5. The second kappa shape index (κ2) is 8.78. The van der Waals surface area contributed by atoms with Crippen molar-refractivity contribution in [2.45, 2.75) is 31.3 Å². The molecule has 1 fully saturated rings. The van der Waals surface area contributed by atoms with Crippen LogP contribution in [-0.4, -0.2) is 37.4 Å². The molecule has 0 bridgehead atoms. The third-order valence-corrected chi connectivity index (χ3v) is 7.34. The van der Waals surface area contributed by atoms with E-state index in [0.29, 0.717) is 53.0 Å². The normalized spacial score (nSPS) is 21.1. The lowest BCUT2D eigenvalue weighted by Gasteiger charge is -2.45. The molecular weight excluding hydrogens is 466 g/mol. The van der Waals surface area contributed by atoms with Crippen LogP contribution in [0.25, 0.3) is 0 Å². The van der Waals surface area contributed by atoms with E-state index in [-0.39, 0.29) is 11.3 Å². The molecule has 2 aliphatic heterocycles. The third-order valence-electron chi connectivity index (χ3n) is 5.89. The van der Waals surface area contributed by atoms with Gasteiger partial charge >= 0.3 is 0 Å². The molecule has 32 heavy (non-hydrogen) atoms. The smallest absolute Gasteiger partial charge is 0.297 e. The van der Waals surface area contributed by atoms with Gasteiger partial charge in [0.2, 0.25) is 0 Å². The van der Waals surface area contributed by atoms with Gasteiger partial charge in [0.1, 0.15) is 17.9 Å². The molecule has 0 unspecified atom stereocenters. The zero-order valence-electron chi connectivity index (χ0n) is 17.3. The van der Waals surface area contributed by atoms with Crippen molar-refractivity contribution in [1.82, 2.24) is 4.90 Å². The van der Waals surface area contributed by atoms with E-state index in [9.17, 15) is 17.6 Å². The topological polar surface area (TPSA) is 50.8 Å². The van der Waals surface area contributed by atoms with Crippen LogP contribution >= 0.6 is 22.9 Å². The summed E-state index contributed by atoms with van der Waals surface area (Å²) < 4.78 is 62.3. The first-order valence-electron chi connectivity index (χ1n) is 10.1. The molecule has 4 nitrogen and oxygen atoms in total. The Bertz CT molecular complexity index is 1050. The van der Waals surface area contributed by atoms with Crippen molar-refractivity contribution < 1.29 is 22.3 Å². The van der Waals surface area contributed by atoms with Gasteiger partial charge in [-0.15, -0.1) is 11.3 Å². The quantitative estimate of drug-likeness (QED) is 0.443. The van der Waals surface area contributed by atoms with Crippen LogP contribution in [-0.2, 0) is 16.3 Å². The van der Waals surface area contributed by atoms with E-state index >= 15 is 0 Å². The summed E-state index contributed by atoms with van der Waals surface area (Å²) in [4.78, 5) is 6.55. The first kappa shape index (κ1) is 23.2. The molecule has 4 rings (SSSR count). The number of benzene rings is 1. The predicted molar refractivity (Wildman–Crippen MR) is 118 cm³/mol. The highest BCUT2D eigenvalue weighted by atomic mass is 35.5. The molecule has 10 heteroatoms. The average molecular weight is 488 g/mol. The highest BCUT2D eigenvalue weighted by molar-refractivity contribution is 7.16. The minimum Gasteiger partial charge on any atom is -0.402 e. The van der Waals surface area contributed by atoms with Crippen molar-refractivity contribution >= 4 is 34.8 Å². The first-order chi connectivity index (χ1) is 15.1. The number of aliphatic imine (C=N–C) groups is 1. The van der Waals surface area contributed by atoms with Crippen LogP contribution in [0.1, 0.15) is 30.2 Å². The van der Waals surface area contributed by atoms with Gasteiger partial charge in [-0.05, 0) is 38.0 Å². The summed E-state index contributed by atoms with van der Waals surface area (Å²) in [5.41, 5.74) is 5.89. The molecule has 0 atom stereocenters. The Morgan fingerprint density at radius 3 is 2.56 bits per heavy atom. The fourth-order valence-electron chi connectivity index (χ4n) is 4.05. The summed E-state index contributed by atoms with van der Waals surface area (Å²) in [5, 5.41) is 0. The Morgan fingerprint density at radius 1 is 1.28 bits per heavy atom. The molecule has 1 aromatic carbocycles. The molecule has 0 saturated carbocycles. The lowest BCUT2D eigenvalue weighted by molar-refractivity contribution is -0.181. The highest BCUT2D eigenvalue weighted by Gasteiger charge is 2.51. The number of nitrogens with zero attached hydrogens (tertiary/aromatic N) is 2. The maximum Gasteiger partial charge on any atom is 0.297 e. The molecular formula is C22H22ClF4N3OS. The number of rotatable bonds is 4. The van der Waals surface area contributed by atoms with Crippen molar-refractivity contribution in [2.24, 2.45) is 10.7 Å². The fourth-order valence-corrected chi connectivity index (χ4v) is 5.53. The van der Waals surface area contributed by atoms with Gasteiger partial charge in [0.25, 0.3) is 5.92 Å². The molecule has 3 heterocycles. The van der Waals surface area contributed by atoms with Gasteiger partial charge in [0.15, 0.2) is 11.6 Å². The highest BCUT2D eigenvalue weighted by Crippen LogP contribution is 2.52. The molecule has 2 N–H and O–H groups in total. The van der Waals surface area contributed by atoms with Crippen molar-refractivity contribution in [2.75, 3.05) is 26.2 Å². The molecule has 0 amide bonds. The summed E-state index contributed by atoms with van der Waals surface area (Å²) in [6.45, 7) is 2.57. The molecule has 1 saturated heterocycles. The lowest BCUT2D eigenvalue weighted by atomic mass is 9.84. The van der Waals surface area contributed by atoms with Gasteiger partial charge in [-0.1, -0.05) is 17.7 Å². The number of para-hydroxylation sites is 1. The number of thiophene rings is 1. The molecule has 0 radical (unpaired) electrons. The SMILES string of the molecule is CC(N)=C(C=Nc1c(F)cccc1F)CN1CCC2(CC1)OCC(F)(F)c1cc(Cl)sc12. The lowest BCUT2D eigenvalue weighted by Crippen LogP contribution is -2.49. The first-order valence-corrected chi connectivity index (χ1v) is 11.3. The number of likely N-dealkylation sites (tertiary alicyclic amines) is 1. The zero-order valence-corrected chi connectivity index (χ0v) is 18.9. The van der Waals surface area contributed by atoms with Gasteiger partial charge in [-0.3, -0.25) is 9.89 Å². The van der Waals surface area contributed by atoms with Crippen LogP contribution in [0.15, 0.2) is 40.5 Å². The fraction of sp³-hybridized carbons (Fsp3) is 0.409. The van der Waals surface area contributed by atoms with Gasteiger partial charge in [0, 0.05) is 47.6 Å². The van der Waals surface area contributed by atoms with Crippen molar-refractivity contribution in [3.05, 3.63) is 61.9 Å². The average Bonchev–Trinajstić information content (AvgIpc) is 3.15. The number of fused-ring (bicyclic) bond motifs is 2. The van der Waals surface area contributed by atoms with Crippen molar-refractivity contribution in [3.8, 4) is 0 Å². The largest absolute Gasteiger partial charge is 0.402 e. The van der Waals surface area contributed by atoms with Crippen LogP contribution in [0.2, 0.25) is 4.34 Å². The van der Waals surface area contributed by atoms with E-state index < -0.39 is 29.8 Å². The van der Waals surface area contributed by atoms with Crippen LogP contribution in [0, 0.1) is 11.6 Å². The monoisotopic (exact) mass is 487 g/mol. The van der Waals surface area contributed by atoms with Crippen molar-refractivity contribution in [3.63, 3.8) is 0 Å². The van der Waals surface area contributed by atoms with Gasteiger partial charge in [-0.2, -0.15) is 8.78 Å². The van der Waals surface area contributed by atoms with Crippen molar-refractivity contribution in [1.29, 1.82) is 0 Å². The minimum absolute atomic E-state index is 0.0374. The van der Waals surface area contributed by atoms with E-state index in [2.05, 4.69) is 9.89 Å². The summed E-state index contributed by atoms with van der Waals surface area (Å²) in [5.74, 6) is -4.56. The maximum atomic E-state index is 14.3. The van der Waals surface area contributed by atoms with Crippen LogP contribution in [0.5, 0.6) is 0 Å². The number of nitrogens with two attached hydrogens (primary N) is 1. The van der Waals surface area contributed by atoms with E-state index in [1.165, 1.54) is 18.3 Å². The molecule has 2 aliphatic rings. The Kier molecular flexibility index (Phi) is 6.37. The molecule has 1 spiro atoms. The molecule has 1 aromatic heterocycles. The number of halogens is 5. The Morgan fingerprint density at radius 2 is 1.94 bits per heavy atom. The number of alkyl halides is 2. The number of hydrogen-bond donors (Lipinski definition) is 1. The van der Waals surface area contributed by atoms with E-state index in [1.807, 2.05) is 0 Å². The minimum atomic E-state index is -3.05. The second-order valence-electron chi connectivity index (χ2n) is 8.09. The second-order valence-corrected chi connectivity index (χ2v) is 9.78. The summed E-state index contributed by atoms with van der Waals surface area (Å²) in [7, 11) is 0. The summed E-state index contributed by atoms with van der Waals surface area (Å²) >= 11 is 7.20. The van der Waals surface area contributed by atoms with Crippen LogP contribution < -0.4 is 5.73 Å². The van der Waals surface area contributed by atoms with E-state index in [0.717, 1.165) is 23.5 Å². The zero-order chi connectivity index (χ0) is 23.1. The Labute approximate surface area is 192 Å². The van der Waals surface area contributed by atoms with Crippen LogP contribution in [0.3, 0.4) is 0 Å². The van der Waals surface area contributed by atoms with Gasteiger partial charge < -0.3 is 10.5 Å². The molecule has 0 aliphatic carbocycles. The van der Waals surface area contributed by atoms with E-state index in [4.69, 9.17) is 22.1 Å². The summed E-state index contributed by atoms with van der Waals surface area (Å²) in [6.07, 6.45) is 2.40. The summed E-state index contributed by atoms with van der Waals surface area (Å²) in [6, 6.07) is 4.89. The molecule has 172 valence electrons. The van der Waals surface area contributed by atoms with Crippen LogP contribution in [0.4, 0.5) is 23.2 Å². The Hall–Kier alpha value is -1.94. The standard InChI is InChI=1S/C22H22ClF4N3OS/c1-13(28)14(10-29-19-16(24)3-2-4-17(19)25)11-30-7-5-21(6-8-30)20-15(9-18(23)32-20)22(26,27)12-31-21/h2-4,9-10H,5-8,11-12,28H2,1H3. The maximum absolute atomic E-state index is 14.3. The predicted octanol–water partition coefficient (Wildman–Crippen LogP) is 5.73. The van der Waals surface area contributed by atoms with E-state index in [1.54, 1.807) is 6.92 Å². The van der Waals surface area contributed by atoms with Gasteiger partial charge in [0.05, 0.1) is 4.34 Å².